The minimum atomic E-state index is 0.206. The molecule has 2 aliphatic rings. The van der Waals surface area contributed by atoms with Gasteiger partial charge < -0.3 is 19.7 Å². The van der Waals surface area contributed by atoms with Crippen LogP contribution in [0.4, 0.5) is 5.82 Å². The van der Waals surface area contributed by atoms with E-state index in [2.05, 4.69) is 35.1 Å². The summed E-state index contributed by atoms with van der Waals surface area (Å²) in [7, 11) is 0. The smallest absolute Gasteiger partial charge is 0.132 e. The lowest BCUT2D eigenvalue weighted by atomic mass is 10.0. The maximum Gasteiger partial charge on any atom is 0.132 e. The van der Waals surface area contributed by atoms with Crippen molar-refractivity contribution in [3.8, 4) is 0 Å². The first-order valence-electron chi connectivity index (χ1n) is 9.27. The second-order valence-corrected chi connectivity index (χ2v) is 6.77. The lowest BCUT2D eigenvalue weighted by Crippen LogP contribution is -2.47. The molecule has 1 atom stereocenters. The van der Waals surface area contributed by atoms with Gasteiger partial charge in [0.2, 0.25) is 0 Å². The van der Waals surface area contributed by atoms with Crippen LogP contribution in [0.5, 0.6) is 0 Å². The molecule has 0 aromatic carbocycles. The number of anilines is 1. The van der Waals surface area contributed by atoms with E-state index in [0.29, 0.717) is 12.6 Å². The normalized spacial score (nSPS) is 22.8. The molecular formula is C18H30N4O2. The van der Waals surface area contributed by atoms with Gasteiger partial charge in [-0.05, 0) is 26.2 Å². The molecule has 0 spiro atoms. The fourth-order valence-electron chi connectivity index (χ4n) is 3.37. The quantitative estimate of drug-likeness (QED) is 0.855. The van der Waals surface area contributed by atoms with Crippen LogP contribution in [0.25, 0.3) is 0 Å². The second-order valence-electron chi connectivity index (χ2n) is 6.77. The van der Waals surface area contributed by atoms with Crippen molar-refractivity contribution in [1.82, 2.24) is 15.3 Å². The average Bonchev–Trinajstić information content (AvgIpc) is 2.61. The molecule has 0 amide bonds. The summed E-state index contributed by atoms with van der Waals surface area (Å²) in [6.07, 6.45) is 4.52. The molecule has 1 aromatic heterocycles. The Balaban J connectivity index is 1.47. The Labute approximate surface area is 145 Å². The monoisotopic (exact) mass is 334 g/mol. The molecule has 24 heavy (non-hydrogen) atoms. The molecule has 2 aliphatic heterocycles. The summed E-state index contributed by atoms with van der Waals surface area (Å²) < 4.78 is 11.1. The van der Waals surface area contributed by atoms with E-state index in [1.807, 2.05) is 0 Å². The van der Waals surface area contributed by atoms with Gasteiger partial charge in [0.1, 0.15) is 11.6 Å². The first-order chi connectivity index (χ1) is 11.7. The average molecular weight is 334 g/mol. The molecule has 6 nitrogen and oxygen atoms in total. The van der Waals surface area contributed by atoms with Crippen LogP contribution >= 0.6 is 0 Å². The van der Waals surface area contributed by atoms with Crippen molar-refractivity contribution < 1.29 is 9.47 Å². The highest BCUT2D eigenvalue weighted by Gasteiger charge is 2.22. The van der Waals surface area contributed by atoms with Crippen molar-refractivity contribution >= 4 is 5.82 Å². The summed E-state index contributed by atoms with van der Waals surface area (Å²) in [4.78, 5) is 11.7. The van der Waals surface area contributed by atoms with Crippen molar-refractivity contribution in [2.75, 3.05) is 44.4 Å². The van der Waals surface area contributed by atoms with E-state index in [9.17, 15) is 0 Å². The van der Waals surface area contributed by atoms with Crippen molar-refractivity contribution in [2.45, 2.75) is 51.7 Å². The van der Waals surface area contributed by atoms with Crippen molar-refractivity contribution in [3.05, 3.63) is 17.6 Å². The molecular weight excluding hydrogens is 304 g/mol. The zero-order chi connectivity index (χ0) is 16.8. The van der Waals surface area contributed by atoms with E-state index in [1.165, 1.54) is 0 Å². The third-order valence-corrected chi connectivity index (χ3v) is 4.70. The number of aryl methyl sites for hydroxylation is 2. The van der Waals surface area contributed by atoms with Gasteiger partial charge in [0.25, 0.3) is 0 Å². The SMILES string of the molecule is CCCc1nc(C)cc(N2CCC(NCC3COCCO3)CC2)n1. The summed E-state index contributed by atoms with van der Waals surface area (Å²) in [6.45, 7) is 9.37. The molecule has 1 aromatic rings. The highest BCUT2D eigenvalue weighted by Crippen LogP contribution is 2.19. The van der Waals surface area contributed by atoms with Gasteiger partial charge in [0.15, 0.2) is 0 Å². The van der Waals surface area contributed by atoms with Gasteiger partial charge in [0, 0.05) is 43.9 Å². The van der Waals surface area contributed by atoms with E-state index < -0.39 is 0 Å². The number of hydrogen-bond acceptors (Lipinski definition) is 6. The molecule has 2 fully saturated rings. The van der Waals surface area contributed by atoms with Gasteiger partial charge in [-0.2, -0.15) is 0 Å². The zero-order valence-corrected chi connectivity index (χ0v) is 15.0. The lowest BCUT2D eigenvalue weighted by molar-refractivity contribution is -0.0872. The van der Waals surface area contributed by atoms with E-state index in [-0.39, 0.29) is 6.10 Å². The Morgan fingerprint density at radius 1 is 1.25 bits per heavy atom. The zero-order valence-electron chi connectivity index (χ0n) is 15.0. The number of ether oxygens (including phenoxy) is 2. The minimum absolute atomic E-state index is 0.206. The van der Waals surface area contributed by atoms with Crippen LogP contribution in [0.2, 0.25) is 0 Å². The summed E-state index contributed by atoms with van der Waals surface area (Å²) in [5.74, 6) is 2.07. The van der Waals surface area contributed by atoms with Gasteiger partial charge in [-0.1, -0.05) is 6.92 Å². The maximum atomic E-state index is 5.69. The van der Waals surface area contributed by atoms with E-state index in [0.717, 1.165) is 75.9 Å². The molecule has 3 rings (SSSR count). The summed E-state index contributed by atoms with van der Waals surface area (Å²) >= 11 is 0. The van der Waals surface area contributed by atoms with Crippen molar-refractivity contribution in [3.63, 3.8) is 0 Å². The molecule has 3 heterocycles. The number of nitrogens with zero attached hydrogens (tertiary/aromatic N) is 3. The third kappa shape index (κ3) is 4.88. The Morgan fingerprint density at radius 2 is 2.08 bits per heavy atom. The highest BCUT2D eigenvalue weighted by molar-refractivity contribution is 5.40. The van der Waals surface area contributed by atoms with Gasteiger partial charge in [-0.25, -0.2) is 9.97 Å². The van der Waals surface area contributed by atoms with Crippen molar-refractivity contribution in [1.29, 1.82) is 0 Å². The van der Waals surface area contributed by atoms with Gasteiger partial charge in [-0.3, -0.25) is 0 Å². The fraction of sp³-hybridized carbons (Fsp3) is 0.778. The van der Waals surface area contributed by atoms with Crippen LogP contribution in [0.1, 0.15) is 37.7 Å². The largest absolute Gasteiger partial charge is 0.376 e. The number of aromatic nitrogens is 2. The van der Waals surface area contributed by atoms with E-state index in [1.54, 1.807) is 0 Å². The lowest BCUT2D eigenvalue weighted by Gasteiger charge is -2.34. The molecule has 2 saturated heterocycles. The topological polar surface area (TPSA) is 59.5 Å². The second kappa shape index (κ2) is 8.74. The Kier molecular flexibility index (Phi) is 6.40. The Hall–Kier alpha value is -1.24. The minimum Gasteiger partial charge on any atom is -0.376 e. The molecule has 0 bridgehead atoms. The van der Waals surface area contributed by atoms with E-state index >= 15 is 0 Å². The summed E-state index contributed by atoms with van der Waals surface area (Å²) in [6, 6.07) is 2.67. The third-order valence-electron chi connectivity index (χ3n) is 4.70. The molecule has 0 aliphatic carbocycles. The first-order valence-corrected chi connectivity index (χ1v) is 9.27. The van der Waals surface area contributed by atoms with Gasteiger partial charge >= 0.3 is 0 Å². The van der Waals surface area contributed by atoms with Crippen LogP contribution < -0.4 is 10.2 Å². The summed E-state index contributed by atoms with van der Waals surface area (Å²) in [5.41, 5.74) is 1.07. The number of piperidine rings is 1. The Bertz CT molecular complexity index is 512. The van der Waals surface area contributed by atoms with Crippen LogP contribution in [0.15, 0.2) is 6.07 Å². The highest BCUT2D eigenvalue weighted by atomic mass is 16.6. The summed E-state index contributed by atoms with van der Waals surface area (Å²) in [5, 5.41) is 3.64. The molecule has 0 radical (unpaired) electrons. The van der Waals surface area contributed by atoms with Gasteiger partial charge in [0.05, 0.1) is 25.9 Å². The molecule has 1 N–H and O–H groups in total. The predicted molar refractivity (Wildman–Crippen MR) is 94.6 cm³/mol. The maximum absolute atomic E-state index is 5.69. The number of rotatable bonds is 6. The van der Waals surface area contributed by atoms with Gasteiger partial charge in [-0.15, -0.1) is 0 Å². The van der Waals surface area contributed by atoms with Crippen LogP contribution in [0, 0.1) is 6.92 Å². The van der Waals surface area contributed by atoms with Crippen LogP contribution in [0.3, 0.4) is 0 Å². The number of hydrogen-bond donors (Lipinski definition) is 1. The molecule has 1 unspecified atom stereocenters. The first kappa shape index (κ1) is 17.6. The fourth-order valence-corrected chi connectivity index (χ4v) is 3.37. The van der Waals surface area contributed by atoms with Crippen LogP contribution in [-0.4, -0.2) is 61.6 Å². The predicted octanol–water partition coefficient (Wildman–Crippen LogP) is 1.71. The Morgan fingerprint density at radius 3 is 2.79 bits per heavy atom. The molecule has 134 valence electrons. The molecule has 6 heteroatoms. The standard InChI is InChI=1S/C18H30N4O2/c1-3-4-17-20-14(2)11-18(21-17)22-7-5-15(6-8-22)19-12-16-13-23-9-10-24-16/h11,15-16,19H,3-10,12-13H2,1-2H3. The van der Waals surface area contributed by atoms with Crippen LogP contribution in [-0.2, 0) is 15.9 Å². The molecule has 0 saturated carbocycles. The number of nitrogens with one attached hydrogen (secondary N) is 1. The van der Waals surface area contributed by atoms with Crippen molar-refractivity contribution in [2.24, 2.45) is 0 Å². The van der Waals surface area contributed by atoms with E-state index in [4.69, 9.17) is 14.5 Å².